The summed E-state index contributed by atoms with van der Waals surface area (Å²) in [5, 5.41) is 8.12. The second-order valence-electron chi connectivity index (χ2n) is 2.38. The van der Waals surface area contributed by atoms with Crippen molar-refractivity contribution in [2.45, 2.75) is 12.3 Å². The minimum atomic E-state index is -3.79. The minimum Gasteiger partial charge on any atom is -0.477 e. The van der Waals surface area contributed by atoms with Gasteiger partial charge in [-0.05, 0) is 22.0 Å². The maximum atomic E-state index is 12.6. The number of alkyl halides is 2. The van der Waals surface area contributed by atoms with Crippen LogP contribution in [0.1, 0.15) is 5.76 Å². The summed E-state index contributed by atoms with van der Waals surface area (Å²) in [5.74, 6) is -6.02. The highest BCUT2D eigenvalue weighted by atomic mass is 79.9. The first-order valence-electron chi connectivity index (χ1n) is 3.26. The fourth-order valence-corrected chi connectivity index (χ4v) is 1.07. The van der Waals surface area contributed by atoms with Crippen molar-refractivity contribution in [3.05, 3.63) is 22.6 Å². The first-order chi connectivity index (χ1) is 5.93. The van der Waals surface area contributed by atoms with E-state index in [1.807, 2.05) is 0 Å². The Hall–Kier alpha value is -0.910. The normalized spacial score (nSPS) is 11.6. The Kier molecular flexibility index (Phi) is 2.70. The lowest BCUT2D eigenvalue weighted by Gasteiger charge is -2.08. The number of hydrogen-bond acceptors (Lipinski definition) is 2. The second kappa shape index (κ2) is 3.45. The number of furan rings is 1. The van der Waals surface area contributed by atoms with E-state index in [1.54, 1.807) is 0 Å². The van der Waals surface area contributed by atoms with E-state index in [9.17, 15) is 13.6 Å². The van der Waals surface area contributed by atoms with Crippen LogP contribution in [0.4, 0.5) is 8.78 Å². The number of carbonyl (C=O) groups is 1. The summed E-state index contributed by atoms with van der Waals surface area (Å²) < 4.78 is 30.2. The number of hydrogen-bond donors (Lipinski definition) is 1. The summed E-state index contributed by atoms with van der Waals surface area (Å²) in [6.45, 7) is 0. The fraction of sp³-hybridized carbons (Fsp3) is 0.286. The summed E-state index contributed by atoms with van der Waals surface area (Å²) in [6, 6.07) is 1.42. The van der Waals surface area contributed by atoms with Gasteiger partial charge in [-0.3, -0.25) is 0 Å². The third kappa shape index (κ3) is 2.27. The average molecular weight is 255 g/mol. The molecule has 1 N–H and O–H groups in total. The molecule has 0 bridgehead atoms. The van der Waals surface area contributed by atoms with E-state index >= 15 is 0 Å². The zero-order valence-corrected chi connectivity index (χ0v) is 7.85. The number of carboxylic acids is 1. The van der Waals surface area contributed by atoms with Crippen LogP contribution in [0.5, 0.6) is 0 Å². The van der Waals surface area contributed by atoms with Crippen molar-refractivity contribution in [2.24, 2.45) is 0 Å². The van der Waals surface area contributed by atoms with Gasteiger partial charge in [-0.15, -0.1) is 0 Å². The lowest BCUT2D eigenvalue weighted by molar-refractivity contribution is -0.164. The predicted octanol–water partition coefficient (Wildman–Crippen LogP) is 2.30. The summed E-state index contributed by atoms with van der Waals surface area (Å²) in [7, 11) is 0. The molecule has 0 aliphatic carbocycles. The van der Waals surface area contributed by atoms with Crippen LogP contribution in [0, 0.1) is 0 Å². The van der Waals surface area contributed by atoms with Gasteiger partial charge in [-0.25, -0.2) is 4.79 Å². The highest BCUT2D eigenvalue weighted by molar-refractivity contribution is 9.10. The van der Waals surface area contributed by atoms with Crippen molar-refractivity contribution in [2.75, 3.05) is 0 Å². The quantitative estimate of drug-likeness (QED) is 0.901. The van der Waals surface area contributed by atoms with E-state index in [0.29, 0.717) is 4.47 Å². The van der Waals surface area contributed by atoms with Crippen LogP contribution in [0.2, 0.25) is 0 Å². The molecule has 0 unspecified atom stereocenters. The van der Waals surface area contributed by atoms with Gasteiger partial charge in [-0.2, -0.15) is 8.78 Å². The van der Waals surface area contributed by atoms with Gasteiger partial charge in [0.15, 0.2) is 0 Å². The molecule has 0 amide bonds. The molecule has 0 spiro atoms. The standard InChI is InChI=1S/C7H5BrF2O3/c8-4-1-2-13-5(4)3-7(9,10)6(11)12/h1-2H,3H2,(H,11,12). The third-order valence-corrected chi connectivity index (χ3v) is 2.09. The van der Waals surface area contributed by atoms with Crippen molar-refractivity contribution in [1.82, 2.24) is 0 Å². The molecule has 0 atom stereocenters. The van der Waals surface area contributed by atoms with Crippen molar-refractivity contribution in [3.63, 3.8) is 0 Å². The first-order valence-corrected chi connectivity index (χ1v) is 4.06. The first kappa shape index (κ1) is 10.2. The molecule has 72 valence electrons. The Morgan fingerprint density at radius 2 is 2.31 bits per heavy atom. The molecule has 3 nitrogen and oxygen atoms in total. The second-order valence-corrected chi connectivity index (χ2v) is 3.23. The van der Waals surface area contributed by atoms with Gasteiger partial charge in [0.25, 0.3) is 0 Å². The van der Waals surface area contributed by atoms with E-state index in [-0.39, 0.29) is 5.76 Å². The molecule has 1 aromatic rings. The molecule has 0 aromatic carbocycles. The molecular weight excluding hydrogens is 250 g/mol. The molecule has 1 rings (SSSR count). The summed E-state index contributed by atoms with van der Waals surface area (Å²) in [4.78, 5) is 10.1. The topological polar surface area (TPSA) is 50.4 Å². The smallest absolute Gasteiger partial charge is 0.375 e. The molecule has 0 aliphatic heterocycles. The lowest BCUT2D eigenvalue weighted by atomic mass is 10.2. The number of halogens is 3. The van der Waals surface area contributed by atoms with Gasteiger partial charge in [0.2, 0.25) is 0 Å². The molecular formula is C7H5BrF2O3. The molecule has 0 saturated heterocycles. The predicted molar refractivity (Wildman–Crippen MR) is 42.7 cm³/mol. The van der Waals surface area contributed by atoms with Gasteiger partial charge in [0.05, 0.1) is 17.2 Å². The Labute approximate surface area is 80.5 Å². The largest absolute Gasteiger partial charge is 0.477 e. The minimum absolute atomic E-state index is 0.0765. The monoisotopic (exact) mass is 254 g/mol. The van der Waals surface area contributed by atoms with E-state index in [4.69, 9.17) is 5.11 Å². The van der Waals surface area contributed by atoms with Gasteiger partial charge in [0.1, 0.15) is 5.76 Å². The summed E-state index contributed by atoms with van der Waals surface area (Å²) in [6.07, 6.45) is 0.257. The zero-order valence-electron chi connectivity index (χ0n) is 6.26. The van der Waals surface area contributed by atoms with Crippen molar-refractivity contribution in [3.8, 4) is 0 Å². The molecule has 6 heteroatoms. The van der Waals surface area contributed by atoms with Crippen LogP contribution in [0.3, 0.4) is 0 Å². The van der Waals surface area contributed by atoms with Gasteiger partial charge in [-0.1, -0.05) is 0 Å². The summed E-state index contributed by atoms with van der Waals surface area (Å²) in [5.41, 5.74) is 0. The van der Waals surface area contributed by atoms with Gasteiger partial charge in [0, 0.05) is 0 Å². The summed E-state index contributed by atoms with van der Waals surface area (Å²) >= 11 is 2.95. The van der Waals surface area contributed by atoms with E-state index < -0.39 is 18.3 Å². The van der Waals surface area contributed by atoms with Crippen LogP contribution in [-0.4, -0.2) is 17.0 Å². The Balaban J connectivity index is 2.80. The van der Waals surface area contributed by atoms with Crippen LogP contribution >= 0.6 is 15.9 Å². The number of aliphatic carboxylic acids is 1. The van der Waals surface area contributed by atoms with Crippen LogP contribution in [-0.2, 0) is 11.2 Å². The number of rotatable bonds is 3. The average Bonchev–Trinajstić information content (AvgIpc) is 2.35. The van der Waals surface area contributed by atoms with Crippen molar-refractivity contribution < 1.29 is 23.1 Å². The zero-order chi connectivity index (χ0) is 10.1. The van der Waals surface area contributed by atoms with E-state index in [1.165, 1.54) is 12.3 Å². The lowest BCUT2D eigenvalue weighted by Crippen LogP contribution is -2.30. The molecule has 0 saturated carbocycles. The van der Waals surface area contributed by atoms with Crippen LogP contribution < -0.4 is 0 Å². The van der Waals surface area contributed by atoms with Gasteiger partial charge >= 0.3 is 11.9 Å². The highest BCUT2D eigenvalue weighted by Gasteiger charge is 2.40. The van der Waals surface area contributed by atoms with Crippen LogP contribution in [0.25, 0.3) is 0 Å². The fourth-order valence-electron chi connectivity index (χ4n) is 0.728. The van der Waals surface area contributed by atoms with E-state index in [0.717, 1.165) is 0 Å². The number of carboxylic acid groups (broad SMARTS) is 1. The Bertz CT molecular complexity index is 321. The molecule has 0 radical (unpaired) electrons. The van der Waals surface area contributed by atoms with Crippen molar-refractivity contribution in [1.29, 1.82) is 0 Å². The van der Waals surface area contributed by atoms with E-state index in [2.05, 4.69) is 20.3 Å². The molecule has 0 aliphatic rings. The maximum Gasteiger partial charge on any atom is 0.375 e. The SMILES string of the molecule is O=C(O)C(F)(F)Cc1occc1Br. The molecule has 0 fully saturated rings. The maximum absolute atomic E-state index is 12.6. The Morgan fingerprint density at radius 3 is 2.69 bits per heavy atom. The third-order valence-electron chi connectivity index (χ3n) is 1.39. The highest BCUT2D eigenvalue weighted by Crippen LogP contribution is 2.26. The molecule has 13 heavy (non-hydrogen) atoms. The molecule has 1 aromatic heterocycles. The van der Waals surface area contributed by atoms with Gasteiger partial charge < -0.3 is 9.52 Å². The van der Waals surface area contributed by atoms with Crippen LogP contribution in [0.15, 0.2) is 21.2 Å². The molecule has 1 heterocycles. The Morgan fingerprint density at radius 1 is 1.69 bits per heavy atom. The van der Waals surface area contributed by atoms with Crippen molar-refractivity contribution >= 4 is 21.9 Å².